The number of piperazine rings is 1. The minimum Gasteiger partial charge on any atom is -0.385 e. The van der Waals surface area contributed by atoms with Crippen molar-refractivity contribution in [3.05, 3.63) is 0 Å². The monoisotopic (exact) mass is 326 g/mol. The molecule has 0 aromatic carbocycles. The predicted octanol–water partition coefficient (Wildman–Crippen LogP) is -0.493. The van der Waals surface area contributed by atoms with Crippen molar-refractivity contribution < 1.29 is 19.1 Å². The van der Waals surface area contributed by atoms with Gasteiger partial charge in [-0.15, -0.1) is 0 Å². The molecule has 2 saturated heterocycles. The Morgan fingerprint density at radius 3 is 2.70 bits per heavy atom. The summed E-state index contributed by atoms with van der Waals surface area (Å²) >= 11 is 0. The SMILES string of the molecule is CCC[C@H]1C(=O)N(CCCOC)CC2N1C(=O)CN(C)N2C=O. The molecule has 130 valence electrons. The van der Waals surface area contributed by atoms with Crippen molar-refractivity contribution in [3.63, 3.8) is 0 Å². The van der Waals surface area contributed by atoms with Gasteiger partial charge >= 0.3 is 0 Å². The zero-order valence-corrected chi connectivity index (χ0v) is 14.1. The predicted molar refractivity (Wildman–Crippen MR) is 82.9 cm³/mol. The Morgan fingerprint density at radius 1 is 1.35 bits per heavy atom. The van der Waals surface area contributed by atoms with Gasteiger partial charge in [0, 0.05) is 27.3 Å². The summed E-state index contributed by atoms with van der Waals surface area (Å²) in [6, 6.07) is -0.482. The molecule has 2 aliphatic heterocycles. The van der Waals surface area contributed by atoms with Crippen molar-refractivity contribution in [1.29, 1.82) is 0 Å². The molecule has 1 unspecified atom stereocenters. The first-order chi connectivity index (χ1) is 11.0. The third-order valence-electron chi connectivity index (χ3n) is 4.44. The second-order valence-corrected chi connectivity index (χ2v) is 6.02. The zero-order valence-electron chi connectivity index (χ0n) is 14.1. The van der Waals surface area contributed by atoms with Crippen molar-refractivity contribution in [2.45, 2.75) is 38.4 Å². The molecule has 23 heavy (non-hydrogen) atoms. The number of amides is 3. The molecule has 0 saturated carbocycles. The molecule has 0 aromatic heterocycles. The van der Waals surface area contributed by atoms with Gasteiger partial charge in [-0.25, -0.2) is 5.01 Å². The Kier molecular flexibility index (Phi) is 5.95. The van der Waals surface area contributed by atoms with E-state index in [4.69, 9.17) is 4.74 Å². The van der Waals surface area contributed by atoms with Crippen molar-refractivity contribution in [2.75, 3.05) is 40.4 Å². The average molecular weight is 326 g/mol. The Balaban J connectivity index is 2.24. The number of likely N-dealkylation sites (N-methyl/N-ethyl adjacent to an activating group) is 1. The van der Waals surface area contributed by atoms with Crippen LogP contribution >= 0.6 is 0 Å². The van der Waals surface area contributed by atoms with E-state index in [1.807, 2.05) is 6.92 Å². The van der Waals surface area contributed by atoms with Crippen LogP contribution in [0.5, 0.6) is 0 Å². The Hall–Kier alpha value is -1.67. The first-order valence-corrected chi connectivity index (χ1v) is 8.08. The van der Waals surface area contributed by atoms with E-state index in [0.717, 1.165) is 19.3 Å². The lowest BCUT2D eigenvalue weighted by Crippen LogP contribution is -2.74. The summed E-state index contributed by atoms with van der Waals surface area (Å²) in [4.78, 5) is 40.0. The highest BCUT2D eigenvalue weighted by atomic mass is 16.5. The van der Waals surface area contributed by atoms with Gasteiger partial charge in [0.05, 0.1) is 13.1 Å². The highest BCUT2D eigenvalue weighted by molar-refractivity contribution is 5.90. The highest BCUT2D eigenvalue weighted by Crippen LogP contribution is 2.26. The molecule has 2 atom stereocenters. The minimum absolute atomic E-state index is 0.0250. The number of rotatable bonds is 7. The fourth-order valence-electron chi connectivity index (χ4n) is 3.34. The van der Waals surface area contributed by atoms with Crippen LogP contribution in [0.3, 0.4) is 0 Å². The van der Waals surface area contributed by atoms with Gasteiger partial charge in [-0.2, -0.15) is 0 Å². The lowest BCUT2D eigenvalue weighted by molar-refractivity contribution is -0.196. The molecule has 3 amide bonds. The normalized spacial score (nSPS) is 25.8. The summed E-state index contributed by atoms with van der Waals surface area (Å²) < 4.78 is 5.05. The molecule has 0 spiro atoms. The summed E-state index contributed by atoms with van der Waals surface area (Å²) in [6.45, 7) is 3.60. The van der Waals surface area contributed by atoms with Crippen molar-refractivity contribution in [2.24, 2.45) is 0 Å². The summed E-state index contributed by atoms with van der Waals surface area (Å²) in [6.07, 6.45) is 2.46. The molecule has 0 aromatic rings. The van der Waals surface area contributed by atoms with Gasteiger partial charge in [-0.3, -0.25) is 19.4 Å². The van der Waals surface area contributed by atoms with Gasteiger partial charge in [-0.1, -0.05) is 13.3 Å². The summed E-state index contributed by atoms with van der Waals surface area (Å²) in [7, 11) is 3.34. The molecule has 8 nitrogen and oxygen atoms in total. The van der Waals surface area contributed by atoms with Crippen LogP contribution in [0.15, 0.2) is 0 Å². The van der Waals surface area contributed by atoms with Crippen LogP contribution in [0.2, 0.25) is 0 Å². The number of hydrogen-bond acceptors (Lipinski definition) is 5. The van der Waals surface area contributed by atoms with Crippen LogP contribution in [0.1, 0.15) is 26.2 Å². The average Bonchev–Trinajstić information content (AvgIpc) is 2.51. The number of hydrazine groups is 1. The number of carbonyl (C=O) groups excluding carboxylic acids is 3. The Bertz CT molecular complexity index is 459. The van der Waals surface area contributed by atoms with Crippen LogP contribution in [-0.2, 0) is 19.1 Å². The van der Waals surface area contributed by atoms with Crippen LogP contribution in [0, 0.1) is 0 Å². The smallest absolute Gasteiger partial charge is 0.245 e. The van der Waals surface area contributed by atoms with Crippen molar-refractivity contribution >= 4 is 18.2 Å². The van der Waals surface area contributed by atoms with Gasteiger partial charge in [0.2, 0.25) is 18.2 Å². The molecule has 0 bridgehead atoms. The van der Waals surface area contributed by atoms with E-state index in [0.29, 0.717) is 26.1 Å². The van der Waals surface area contributed by atoms with E-state index in [1.165, 1.54) is 5.01 Å². The van der Waals surface area contributed by atoms with Gasteiger partial charge in [-0.05, 0) is 12.8 Å². The molecule has 0 aliphatic carbocycles. The van der Waals surface area contributed by atoms with Crippen molar-refractivity contribution in [1.82, 2.24) is 19.8 Å². The van der Waals surface area contributed by atoms with Crippen LogP contribution in [0.25, 0.3) is 0 Å². The highest BCUT2D eigenvalue weighted by Gasteiger charge is 2.48. The maximum absolute atomic E-state index is 12.8. The maximum atomic E-state index is 12.8. The number of methoxy groups -OCH3 is 1. The van der Waals surface area contributed by atoms with Gasteiger partial charge in [0.15, 0.2) is 0 Å². The van der Waals surface area contributed by atoms with E-state index in [1.54, 1.807) is 29.0 Å². The summed E-state index contributed by atoms with van der Waals surface area (Å²) in [5.74, 6) is -0.123. The number of nitrogens with zero attached hydrogens (tertiary/aromatic N) is 4. The van der Waals surface area contributed by atoms with E-state index < -0.39 is 12.2 Å². The Morgan fingerprint density at radius 2 is 2.09 bits per heavy atom. The van der Waals surface area contributed by atoms with Gasteiger partial charge in [0.25, 0.3) is 0 Å². The molecule has 2 aliphatic rings. The number of fused-ring (bicyclic) bond motifs is 1. The molecule has 0 radical (unpaired) electrons. The molecule has 8 heteroatoms. The molecular weight excluding hydrogens is 300 g/mol. The molecule has 2 heterocycles. The maximum Gasteiger partial charge on any atom is 0.245 e. The van der Waals surface area contributed by atoms with Crippen molar-refractivity contribution in [3.8, 4) is 0 Å². The molecule has 2 fully saturated rings. The second-order valence-electron chi connectivity index (χ2n) is 6.02. The van der Waals surface area contributed by atoms with E-state index in [-0.39, 0.29) is 18.4 Å². The van der Waals surface area contributed by atoms with E-state index in [9.17, 15) is 14.4 Å². The standard InChI is InChI=1S/C15H26N4O4/c1-4-6-12-15(22)17(7-5-8-23-3)9-13-18(11-20)16(2)10-14(21)19(12)13/h11-13H,4-10H2,1-3H3/t12-,13?/m0/s1. The number of carbonyl (C=O) groups is 3. The summed E-state index contributed by atoms with van der Waals surface area (Å²) in [5.41, 5.74) is 0. The topological polar surface area (TPSA) is 73.4 Å². The number of hydrogen-bond donors (Lipinski definition) is 0. The first kappa shape index (κ1) is 17.7. The fourth-order valence-corrected chi connectivity index (χ4v) is 3.34. The zero-order chi connectivity index (χ0) is 17.0. The van der Waals surface area contributed by atoms with Crippen LogP contribution < -0.4 is 0 Å². The number of ether oxygens (including phenoxy) is 1. The molecule has 0 N–H and O–H groups in total. The minimum atomic E-state index is -0.482. The van der Waals surface area contributed by atoms with E-state index >= 15 is 0 Å². The lowest BCUT2D eigenvalue weighted by Gasteiger charge is -2.53. The Labute approximate surface area is 136 Å². The van der Waals surface area contributed by atoms with Gasteiger partial charge in [0.1, 0.15) is 12.2 Å². The molecular formula is C15H26N4O4. The summed E-state index contributed by atoms with van der Waals surface area (Å²) in [5, 5.41) is 3.13. The first-order valence-electron chi connectivity index (χ1n) is 8.08. The lowest BCUT2D eigenvalue weighted by atomic mass is 10.0. The fraction of sp³-hybridized carbons (Fsp3) is 0.800. The van der Waals surface area contributed by atoms with Gasteiger partial charge < -0.3 is 14.5 Å². The molecule has 2 rings (SSSR count). The van der Waals surface area contributed by atoms with E-state index in [2.05, 4.69) is 0 Å². The van der Waals surface area contributed by atoms with Crippen LogP contribution in [0.4, 0.5) is 0 Å². The third kappa shape index (κ3) is 3.48. The largest absolute Gasteiger partial charge is 0.385 e. The third-order valence-corrected chi connectivity index (χ3v) is 4.44. The quantitative estimate of drug-likeness (QED) is 0.466. The van der Waals surface area contributed by atoms with Crippen LogP contribution in [-0.4, -0.2) is 90.6 Å². The second kappa shape index (κ2) is 7.74.